The molecule has 0 heterocycles. The molecular weight excluding hydrogens is 520 g/mol. The zero-order valence-corrected chi connectivity index (χ0v) is 26.3. The molecule has 4 nitrogen and oxygen atoms in total. The number of hydrogen-bond acceptors (Lipinski definition) is 4. The molecule has 0 aromatic heterocycles. The highest BCUT2D eigenvalue weighted by atomic mass is 16.5. The first-order valence-corrected chi connectivity index (χ1v) is 17.0. The summed E-state index contributed by atoms with van der Waals surface area (Å²) in [7, 11) is 0. The summed E-state index contributed by atoms with van der Waals surface area (Å²) in [5.41, 5.74) is 0.508. The highest BCUT2D eigenvalue weighted by Crippen LogP contribution is 2.34. The van der Waals surface area contributed by atoms with Crippen LogP contribution in [0.1, 0.15) is 133 Å². The van der Waals surface area contributed by atoms with E-state index in [1.165, 1.54) is 96.3 Å². The summed E-state index contributed by atoms with van der Waals surface area (Å²) in [6, 6.07) is 14.6. The lowest BCUT2D eigenvalue weighted by atomic mass is 9.78. The van der Waals surface area contributed by atoms with Crippen molar-refractivity contribution in [2.45, 2.75) is 122 Å². The Labute approximate surface area is 256 Å². The van der Waals surface area contributed by atoms with E-state index in [4.69, 9.17) is 14.2 Å². The molecule has 4 heteroatoms. The van der Waals surface area contributed by atoms with Crippen LogP contribution in [-0.2, 0) is 0 Å². The maximum atomic E-state index is 12.6. The minimum Gasteiger partial charge on any atom is -0.494 e. The van der Waals surface area contributed by atoms with E-state index in [9.17, 15) is 4.79 Å². The second kappa shape index (κ2) is 21.0. The van der Waals surface area contributed by atoms with Gasteiger partial charge in [0.05, 0.1) is 18.8 Å². The molecule has 2 aromatic carbocycles. The molecule has 0 N–H and O–H groups in total. The molecular formula is C38H56O4. The molecule has 0 unspecified atom stereocenters. The SMILES string of the molecule is C=CCCCCCCCCCOc1ccc(C(=O)Oc2ccc(OCCCC3CCC(CCCCC)CC3)cc2)cc1. The predicted octanol–water partition coefficient (Wildman–Crippen LogP) is 11.1. The van der Waals surface area contributed by atoms with Crippen molar-refractivity contribution in [1.29, 1.82) is 0 Å². The number of carbonyl (C=O) groups excluding carboxylic acids is 1. The Morgan fingerprint density at radius 3 is 1.76 bits per heavy atom. The Bertz CT molecular complexity index is 973. The van der Waals surface area contributed by atoms with E-state index in [2.05, 4.69) is 13.5 Å². The quantitative estimate of drug-likeness (QED) is 0.0605. The molecule has 0 atom stereocenters. The van der Waals surface area contributed by atoms with E-state index in [-0.39, 0.29) is 5.97 Å². The van der Waals surface area contributed by atoms with Gasteiger partial charge < -0.3 is 14.2 Å². The van der Waals surface area contributed by atoms with Gasteiger partial charge in [0.2, 0.25) is 0 Å². The highest BCUT2D eigenvalue weighted by Gasteiger charge is 2.20. The molecule has 42 heavy (non-hydrogen) atoms. The van der Waals surface area contributed by atoms with Gasteiger partial charge in [-0.15, -0.1) is 6.58 Å². The van der Waals surface area contributed by atoms with Crippen molar-refractivity contribution in [3.8, 4) is 17.2 Å². The van der Waals surface area contributed by atoms with Crippen LogP contribution >= 0.6 is 0 Å². The van der Waals surface area contributed by atoms with Crippen LogP contribution in [0.25, 0.3) is 0 Å². The largest absolute Gasteiger partial charge is 0.494 e. The fourth-order valence-electron chi connectivity index (χ4n) is 5.98. The molecule has 1 fully saturated rings. The van der Waals surface area contributed by atoms with Gasteiger partial charge in [0, 0.05) is 0 Å². The predicted molar refractivity (Wildman–Crippen MR) is 175 cm³/mol. The molecule has 0 bridgehead atoms. The first-order chi connectivity index (χ1) is 20.7. The second-order valence-electron chi connectivity index (χ2n) is 12.2. The zero-order valence-electron chi connectivity index (χ0n) is 26.3. The van der Waals surface area contributed by atoms with Crippen LogP contribution in [0.15, 0.2) is 61.2 Å². The third-order valence-corrected chi connectivity index (χ3v) is 8.65. The maximum Gasteiger partial charge on any atom is 0.343 e. The molecule has 3 rings (SSSR count). The standard InChI is InChI=1S/C38H56O4/c1-3-5-7-8-9-10-11-12-14-30-40-35-24-22-34(23-25-35)38(39)42-37-28-26-36(27-29-37)41-31-15-17-33-20-18-32(19-21-33)16-13-6-4-2/h3,22-29,32-33H,1,4-21,30-31H2,2H3. The summed E-state index contributed by atoms with van der Waals surface area (Å²) in [6.07, 6.45) is 25.4. The van der Waals surface area contributed by atoms with E-state index in [0.717, 1.165) is 49.2 Å². The number of rotatable bonds is 22. The average Bonchev–Trinajstić information content (AvgIpc) is 3.02. The highest BCUT2D eigenvalue weighted by molar-refractivity contribution is 5.91. The molecule has 2 aromatic rings. The van der Waals surface area contributed by atoms with Gasteiger partial charge in [-0.3, -0.25) is 0 Å². The smallest absolute Gasteiger partial charge is 0.343 e. The summed E-state index contributed by atoms with van der Waals surface area (Å²) in [5, 5.41) is 0. The van der Waals surface area contributed by atoms with Crippen molar-refractivity contribution in [1.82, 2.24) is 0 Å². The molecule has 0 amide bonds. The Hall–Kier alpha value is -2.75. The number of benzene rings is 2. The summed E-state index contributed by atoms with van der Waals surface area (Å²) in [6.45, 7) is 7.50. The van der Waals surface area contributed by atoms with Crippen LogP contribution in [0.3, 0.4) is 0 Å². The van der Waals surface area contributed by atoms with Gasteiger partial charge in [0.15, 0.2) is 0 Å². The van der Waals surface area contributed by atoms with Crippen LogP contribution in [0.5, 0.6) is 17.2 Å². The Morgan fingerprint density at radius 2 is 1.17 bits per heavy atom. The van der Waals surface area contributed by atoms with E-state index in [1.807, 2.05) is 30.3 Å². The summed E-state index contributed by atoms with van der Waals surface area (Å²) in [5.74, 6) is 3.60. The number of allylic oxidation sites excluding steroid dienone is 1. The van der Waals surface area contributed by atoms with Gasteiger partial charge in [0.25, 0.3) is 0 Å². The topological polar surface area (TPSA) is 44.8 Å². The van der Waals surface area contributed by atoms with Crippen LogP contribution < -0.4 is 14.2 Å². The lowest BCUT2D eigenvalue weighted by Gasteiger charge is -2.28. The van der Waals surface area contributed by atoms with Crippen LogP contribution in [-0.4, -0.2) is 19.2 Å². The van der Waals surface area contributed by atoms with Crippen molar-refractivity contribution in [3.63, 3.8) is 0 Å². The Balaban J connectivity index is 1.24. The lowest BCUT2D eigenvalue weighted by Crippen LogP contribution is -2.15. The van der Waals surface area contributed by atoms with Gasteiger partial charge in [-0.25, -0.2) is 4.79 Å². The first-order valence-electron chi connectivity index (χ1n) is 17.0. The number of unbranched alkanes of at least 4 members (excludes halogenated alkanes) is 9. The number of carbonyl (C=O) groups is 1. The third kappa shape index (κ3) is 13.9. The van der Waals surface area contributed by atoms with Gasteiger partial charge >= 0.3 is 5.97 Å². The van der Waals surface area contributed by atoms with Crippen molar-refractivity contribution in [2.24, 2.45) is 11.8 Å². The molecule has 1 aliphatic carbocycles. The minimum atomic E-state index is -0.372. The van der Waals surface area contributed by atoms with Crippen molar-refractivity contribution >= 4 is 5.97 Å². The van der Waals surface area contributed by atoms with Gasteiger partial charge in [-0.1, -0.05) is 96.5 Å². The van der Waals surface area contributed by atoms with E-state index >= 15 is 0 Å². The fourth-order valence-corrected chi connectivity index (χ4v) is 5.98. The third-order valence-electron chi connectivity index (χ3n) is 8.65. The molecule has 1 aliphatic rings. The molecule has 0 spiro atoms. The van der Waals surface area contributed by atoms with Gasteiger partial charge in [-0.2, -0.15) is 0 Å². The molecule has 232 valence electrons. The number of ether oxygens (including phenoxy) is 3. The Kier molecular flexibility index (Phi) is 16.9. The van der Waals surface area contributed by atoms with Crippen molar-refractivity contribution in [2.75, 3.05) is 13.2 Å². The summed E-state index contributed by atoms with van der Waals surface area (Å²) >= 11 is 0. The number of hydrogen-bond donors (Lipinski definition) is 0. The van der Waals surface area contributed by atoms with Gasteiger partial charge in [-0.05, 0) is 92.5 Å². The van der Waals surface area contributed by atoms with Crippen molar-refractivity contribution < 1.29 is 19.0 Å². The second-order valence-corrected chi connectivity index (χ2v) is 12.2. The molecule has 0 radical (unpaired) electrons. The lowest BCUT2D eigenvalue weighted by molar-refractivity contribution is 0.0734. The summed E-state index contributed by atoms with van der Waals surface area (Å²) in [4.78, 5) is 12.6. The first kappa shape index (κ1) is 33.7. The van der Waals surface area contributed by atoms with E-state index in [0.29, 0.717) is 17.9 Å². The van der Waals surface area contributed by atoms with Gasteiger partial charge in [0.1, 0.15) is 17.2 Å². The minimum absolute atomic E-state index is 0.372. The normalized spacial score (nSPS) is 16.6. The summed E-state index contributed by atoms with van der Waals surface area (Å²) < 4.78 is 17.4. The zero-order chi connectivity index (χ0) is 29.7. The number of esters is 1. The van der Waals surface area contributed by atoms with Crippen molar-refractivity contribution in [3.05, 3.63) is 66.7 Å². The average molecular weight is 577 g/mol. The fraction of sp³-hybridized carbons (Fsp3) is 0.605. The van der Waals surface area contributed by atoms with E-state index in [1.54, 1.807) is 24.3 Å². The Morgan fingerprint density at radius 1 is 0.667 bits per heavy atom. The maximum absolute atomic E-state index is 12.6. The molecule has 1 saturated carbocycles. The van der Waals surface area contributed by atoms with E-state index < -0.39 is 0 Å². The molecule has 0 aliphatic heterocycles. The monoisotopic (exact) mass is 576 g/mol. The van der Waals surface area contributed by atoms with Crippen LogP contribution in [0, 0.1) is 11.8 Å². The van der Waals surface area contributed by atoms with Crippen LogP contribution in [0.2, 0.25) is 0 Å². The molecule has 0 saturated heterocycles. The van der Waals surface area contributed by atoms with Crippen LogP contribution in [0.4, 0.5) is 0 Å².